The SMILES string of the molecule is C=CC(C)CCCC(CC(CC/C=C/CC)CCSCCNCCC(=O)OCCO)SCCNCCC(=O)OCCOC. The number of hydrogen-bond acceptors (Lipinski definition) is 10. The van der Waals surface area contributed by atoms with E-state index < -0.39 is 0 Å². The highest BCUT2D eigenvalue weighted by atomic mass is 32.2. The first-order valence-electron chi connectivity index (χ1n) is 16.3. The van der Waals surface area contributed by atoms with Crippen LogP contribution in [0.2, 0.25) is 0 Å². The second-order valence-corrected chi connectivity index (χ2v) is 13.4. The molecule has 0 bridgehead atoms. The van der Waals surface area contributed by atoms with Crippen LogP contribution in [0.1, 0.15) is 78.1 Å². The number of aliphatic hydroxyl groups excluding tert-OH is 1. The van der Waals surface area contributed by atoms with E-state index in [2.05, 4.69) is 61.0 Å². The molecule has 3 unspecified atom stereocenters. The van der Waals surface area contributed by atoms with Crippen molar-refractivity contribution in [1.82, 2.24) is 10.6 Å². The monoisotopic (exact) mass is 646 g/mol. The Bertz CT molecular complexity index is 698. The van der Waals surface area contributed by atoms with Crippen molar-refractivity contribution in [3.63, 3.8) is 0 Å². The molecule has 8 nitrogen and oxygen atoms in total. The molecule has 0 spiro atoms. The van der Waals surface area contributed by atoms with Crippen LogP contribution >= 0.6 is 23.5 Å². The highest BCUT2D eigenvalue weighted by Gasteiger charge is 2.17. The number of hydrogen-bond donors (Lipinski definition) is 3. The summed E-state index contributed by atoms with van der Waals surface area (Å²) in [6, 6.07) is 0. The molecule has 0 aliphatic heterocycles. The number of nitrogens with one attached hydrogen (secondary N) is 2. The van der Waals surface area contributed by atoms with E-state index in [1.165, 1.54) is 38.5 Å². The lowest BCUT2D eigenvalue weighted by Gasteiger charge is -2.24. The van der Waals surface area contributed by atoms with Crippen LogP contribution in [-0.4, -0.2) is 99.3 Å². The summed E-state index contributed by atoms with van der Waals surface area (Å²) in [5.41, 5.74) is 0. The van der Waals surface area contributed by atoms with Crippen LogP contribution in [0.5, 0.6) is 0 Å². The molecule has 0 heterocycles. The van der Waals surface area contributed by atoms with Gasteiger partial charge < -0.3 is 30.0 Å². The van der Waals surface area contributed by atoms with Gasteiger partial charge in [-0.2, -0.15) is 23.5 Å². The fourth-order valence-corrected chi connectivity index (χ4v) is 6.72. The third-order valence-electron chi connectivity index (χ3n) is 6.97. The topological polar surface area (TPSA) is 106 Å². The molecular weight excluding hydrogens is 585 g/mol. The van der Waals surface area contributed by atoms with Gasteiger partial charge in [0.25, 0.3) is 0 Å². The maximum absolute atomic E-state index is 11.8. The summed E-state index contributed by atoms with van der Waals surface area (Å²) in [6.07, 6.45) is 17.0. The van der Waals surface area contributed by atoms with Gasteiger partial charge in [-0.25, -0.2) is 0 Å². The normalized spacial score (nSPS) is 13.6. The number of allylic oxidation sites excluding steroid dienone is 3. The van der Waals surface area contributed by atoms with Crippen LogP contribution in [0.25, 0.3) is 0 Å². The molecule has 0 aliphatic carbocycles. The van der Waals surface area contributed by atoms with E-state index in [-0.39, 0.29) is 25.2 Å². The van der Waals surface area contributed by atoms with Gasteiger partial charge in [0.15, 0.2) is 0 Å². The number of rotatable bonds is 32. The minimum atomic E-state index is -0.269. The van der Waals surface area contributed by atoms with Gasteiger partial charge in [-0.05, 0) is 62.5 Å². The molecule has 10 heteroatoms. The van der Waals surface area contributed by atoms with E-state index in [1.54, 1.807) is 7.11 Å². The third kappa shape index (κ3) is 29.4. The molecule has 3 atom stereocenters. The van der Waals surface area contributed by atoms with Crippen molar-refractivity contribution in [2.45, 2.75) is 83.3 Å². The van der Waals surface area contributed by atoms with Crippen molar-refractivity contribution in [1.29, 1.82) is 0 Å². The molecule has 0 aromatic carbocycles. The Morgan fingerprint density at radius 3 is 2.23 bits per heavy atom. The zero-order valence-electron chi connectivity index (χ0n) is 27.3. The number of ether oxygens (including phenoxy) is 3. The van der Waals surface area contributed by atoms with Gasteiger partial charge in [-0.3, -0.25) is 9.59 Å². The zero-order chi connectivity index (χ0) is 31.8. The van der Waals surface area contributed by atoms with Crippen LogP contribution in [-0.2, 0) is 23.8 Å². The molecule has 3 N–H and O–H groups in total. The molecule has 252 valence electrons. The Kier molecular flexibility index (Phi) is 31.6. The smallest absolute Gasteiger partial charge is 0.307 e. The van der Waals surface area contributed by atoms with Gasteiger partial charge in [0, 0.05) is 50.0 Å². The van der Waals surface area contributed by atoms with Crippen molar-refractivity contribution >= 4 is 35.5 Å². The van der Waals surface area contributed by atoms with Crippen molar-refractivity contribution in [2.75, 3.05) is 77.0 Å². The second-order valence-electron chi connectivity index (χ2n) is 10.8. The summed E-state index contributed by atoms with van der Waals surface area (Å²) in [5.74, 6) is 4.02. The Morgan fingerprint density at radius 1 is 0.884 bits per heavy atom. The number of aliphatic hydroxyl groups is 1. The lowest BCUT2D eigenvalue weighted by molar-refractivity contribution is -0.145. The number of carbonyl (C=O) groups is 2. The summed E-state index contributed by atoms with van der Waals surface area (Å²) in [5, 5.41) is 16.1. The van der Waals surface area contributed by atoms with Gasteiger partial charge in [-0.15, -0.1) is 6.58 Å². The molecule has 0 aromatic rings. The van der Waals surface area contributed by atoms with Crippen LogP contribution in [0.4, 0.5) is 0 Å². The number of thioether (sulfide) groups is 2. The first kappa shape index (κ1) is 42.0. The lowest BCUT2D eigenvalue weighted by Crippen LogP contribution is -2.23. The molecule has 0 rings (SSSR count). The van der Waals surface area contributed by atoms with Crippen LogP contribution in [0.15, 0.2) is 24.8 Å². The summed E-state index contributed by atoms with van der Waals surface area (Å²) in [7, 11) is 1.60. The quantitative estimate of drug-likeness (QED) is 0.0483. The molecule has 0 radical (unpaired) electrons. The van der Waals surface area contributed by atoms with Crippen LogP contribution in [0, 0.1) is 11.8 Å². The maximum Gasteiger partial charge on any atom is 0.307 e. The van der Waals surface area contributed by atoms with Crippen molar-refractivity contribution in [2.24, 2.45) is 11.8 Å². The van der Waals surface area contributed by atoms with Crippen molar-refractivity contribution in [3.8, 4) is 0 Å². The molecule has 0 amide bonds. The maximum atomic E-state index is 11.8. The molecule has 0 saturated heterocycles. The fourth-order valence-electron chi connectivity index (χ4n) is 4.39. The standard InChI is InChI=1S/C33H62N2O6S2/c1-5-7-8-9-12-30(16-25-42-26-19-34-17-14-32(37)40-22-21-36)28-31(13-10-11-29(3)6-2)43-27-20-35-18-15-33(38)41-24-23-39-4/h6-8,29-31,34-36H,2,5,9-28H2,1,3-4H3/b8-7+. The Hall–Kier alpha value is -1.04. The number of esters is 2. The van der Waals surface area contributed by atoms with Gasteiger partial charge >= 0.3 is 11.9 Å². The third-order valence-corrected chi connectivity index (χ3v) is 9.33. The van der Waals surface area contributed by atoms with Gasteiger partial charge in [0.05, 0.1) is 26.1 Å². The largest absolute Gasteiger partial charge is 0.463 e. The van der Waals surface area contributed by atoms with E-state index in [9.17, 15) is 9.59 Å². The van der Waals surface area contributed by atoms with Gasteiger partial charge in [-0.1, -0.05) is 38.5 Å². The molecular formula is C33H62N2O6S2. The van der Waals surface area contributed by atoms with Gasteiger partial charge in [0.1, 0.15) is 13.2 Å². The highest BCUT2D eigenvalue weighted by Crippen LogP contribution is 2.30. The highest BCUT2D eigenvalue weighted by molar-refractivity contribution is 8.00. The number of methoxy groups -OCH3 is 1. The molecule has 0 saturated carbocycles. The first-order chi connectivity index (χ1) is 21.0. The minimum absolute atomic E-state index is 0.0717. The molecule has 0 fully saturated rings. The predicted molar refractivity (Wildman–Crippen MR) is 184 cm³/mol. The van der Waals surface area contributed by atoms with Crippen molar-refractivity contribution in [3.05, 3.63) is 24.8 Å². The van der Waals surface area contributed by atoms with Crippen molar-refractivity contribution < 1.29 is 28.9 Å². The zero-order valence-corrected chi connectivity index (χ0v) is 29.0. The Balaban J connectivity index is 4.63. The summed E-state index contributed by atoms with van der Waals surface area (Å²) >= 11 is 4.06. The minimum Gasteiger partial charge on any atom is -0.463 e. The molecule has 0 aromatic heterocycles. The first-order valence-corrected chi connectivity index (χ1v) is 18.5. The van der Waals surface area contributed by atoms with E-state index in [0.29, 0.717) is 56.2 Å². The second kappa shape index (κ2) is 32.4. The Morgan fingerprint density at radius 2 is 1.58 bits per heavy atom. The molecule has 43 heavy (non-hydrogen) atoms. The predicted octanol–water partition coefficient (Wildman–Crippen LogP) is 5.64. The lowest BCUT2D eigenvalue weighted by atomic mass is 9.92. The summed E-state index contributed by atoms with van der Waals surface area (Å²) in [6.45, 7) is 12.1. The van der Waals surface area contributed by atoms with E-state index in [1.807, 2.05) is 11.8 Å². The summed E-state index contributed by atoms with van der Waals surface area (Å²) < 4.78 is 14.9. The van der Waals surface area contributed by atoms with E-state index >= 15 is 0 Å². The van der Waals surface area contributed by atoms with Crippen LogP contribution in [0.3, 0.4) is 0 Å². The Labute approximate surface area is 271 Å². The molecule has 0 aliphatic rings. The van der Waals surface area contributed by atoms with Gasteiger partial charge in [0.2, 0.25) is 0 Å². The van der Waals surface area contributed by atoms with E-state index in [0.717, 1.165) is 43.2 Å². The fraction of sp³-hybridized carbons (Fsp3) is 0.818. The summed E-state index contributed by atoms with van der Waals surface area (Å²) in [4.78, 5) is 23.3. The average Bonchev–Trinajstić information content (AvgIpc) is 3.00. The average molecular weight is 647 g/mol. The number of carbonyl (C=O) groups excluding carboxylic acids is 2. The van der Waals surface area contributed by atoms with E-state index in [4.69, 9.17) is 19.3 Å². The van der Waals surface area contributed by atoms with Crippen LogP contribution < -0.4 is 10.6 Å².